The maximum atomic E-state index is 11.1. The Balaban J connectivity index is 1.83. The standard InChI is InChI=1S/C15H29N7O2S2/c1-4-13-19-15(25-20-13)22-11-9-21(10-12-22)14(16-5-2)17-7-6-8-18-26(3,23)24/h18H,4-12H2,1-3H3,(H,16,17). The van der Waals surface area contributed by atoms with E-state index in [-0.39, 0.29) is 0 Å². The zero-order valence-electron chi connectivity index (χ0n) is 15.7. The molecule has 2 N–H and O–H groups in total. The lowest BCUT2D eigenvalue weighted by Gasteiger charge is -2.36. The topological polar surface area (TPSA) is 103 Å². The first-order valence-electron chi connectivity index (χ1n) is 8.98. The van der Waals surface area contributed by atoms with Crippen LogP contribution in [0.3, 0.4) is 0 Å². The fourth-order valence-corrected chi connectivity index (χ4v) is 3.89. The van der Waals surface area contributed by atoms with Gasteiger partial charge in [-0.1, -0.05) is 6.92 Å². The summed E-state index contributed by atoms with van der Waals surface area (Å²) < 4.78 is 29.0. The zero-order chi connectivity index (χ0) is 19.0. The largest absolute Gasteiger partial charge is 0.357 e. The minimum Gasteiger partial charge on any atom is -0.357 e. The summed E-state index contributed by atoms with van der Waals surface area (Å²) in [7, 11) is -3.13. The molecule has 1 aliphatic heterocycles. The molecule has 11 heteroatoms. The van der Waals surface area contributed by atoms with Gasteiger partial charge in [0.1, 0.15) is 5.82 Å². The molecule has 1 saturated heterocycles. The van der Waals surface area contributed by atoms with Gasteiger partial charge in [0.15, 0.2) is 5.96 Å². The third kappa shape index (κ3) is 6.69. The van der Waals surface area contributed by atoms with Gasteiger partial charge in [-0.25, -0.2) is 18.1 Å². The average molecular weight is 404 g/mol. The summed E-state index contributed by atoms with van der Waals surface area (Å²) >= 11 is 1.47. The number of nitrogens with one attached hydrogen (secondary N) is 2. The second kappa shape index (κ2) is 10.0. The molecule has 0 amide bonds. The van der Waals surface area contributed by atoms with Gasteiger partial charge >= 0.3 is 0 Å². The highest BCUT2D eigenvalue weighted by molar-refractivity contribution is 7.88. The van der Waals surface area contributed by atoms with Gasteiger partial charge in [-0.3, -0.25) is 4.99 Å². The molecule has 0 radical (unpaired) electrons. The van der Waals surface area contributed by atoms with E-state index in [0.717, 1.165) is 56.1 Å². The predicted molar refractivity (Wildman–Crippen MR) is 107 cm³/mol. The second-order valence-electron chi connectivity index (χ2n) is 6.08. The van der Waals surface area contributed by atoms with Gasteiger partial charge in [0.2, 0.25) is 15.2 Å². The van der Waals surface area contributed by atoms with Gasteiger partial charge in [0.05, 0.1) is 6.26 Å². The first-order chi connectivity index (χ1) is 12.4. The number of rotatable bonds is 8. The van der Waals surface area contributed by atoms with Crippen LogP contribution in [0.25, 0.3) is 0 Å². The van der Waals surface area contributed by atoms with E-state index in [0.29, 0.717) is 19.5 Å². The number of aryl methyl sites for hydroxylation is 1. The lowest BCUT2D eigenvalue weighted by atomic mass is 10.3. The van der Waals surface area contributed by atoms with E-state index in [9.17, 15) is 8.42 Å². The number of nitrogens with zero attached hydrogens (tertiary/aromatic N) is 5. The first-order valence-corrected chi connectivity index (χ1v) is 11.6. The fraction of sp³-hybridized carbons (Fsp3) is 0.800. The van der Waals surface area contributed by atoms with E-state index in [2.05, 4.69) is 41.1 Å². The van der Waals surface area contributed by atoms with E-state index in [4.69, 9.17) is 0 Å². The molecule has 0 aliphatic carbocycles. The van der Waals surface area contributed by atoms with E-state index >= 15 is 0 Å². The number of sulfonamides is 1. The number of aliphatic imine (C=N–C) groups is 1. The van der Waals surface area contributed by atoms with E-state index < -0.39 is 10.0 Å². The molecule has 9 nitrogen and oxygen atoms in total. The predicted octanol–water partition coefficient (Wildman–Crippen LogP) is 0.127. The van der Waals surface area contributed by atoms with Gasteiger partial charge in [-0.2, -0.15) is 4.37 Å². The normalized spacial score (nSPS) is 16.2. The van der Waals surface area contributed by atoms with E-state index in [1.165, 1.54) is 17.8 Å². The molecular formula is C15H29N7O2S2. The summed E-state index contributed by atoms with van der Waals surface area (Å²) in [6.07, 6.45) is 2.70. The molecule has 0 unspecified atom stereocenters. The van der Waals surface area contributed by atoms with E-state index in [1.54, 1.807) is 0 Å². The molecule has 0 aromatic carbocycles. The molecule has 1 aromatic rings. The van der Waals surface area contributed by atoms with Crippen LogP contribution >= 0.6 is 11.5 Å². The van der Waals surface area contributed by atoms with Crippen LogP contribution in [-0.4, -0.2) is 80.7 Å². The molecule has 0 saturated carbocycles. The minimum absolute atomic E-state index is 0.409. The number of hydrogen-bond acceptors (Lipinski definition) is 7. The number of piperazine rings is 1. The Morgan fingerprint density at radius 3 is 2.58 bits per heavy atom. The van der Waals surface area contributed by atoms with Crippen LogP contribution in [0.2, 0.25) is 0 Å². The van der Waals surface area contributed by atoms with Crippen LogP contribution < -0.4 is 14.9 Å². The Morgan fingerprint density at radius 2 is 2.00 bits per heavy atom. The van der Waals surface area contributed by atoms with Crippen LogP contribution in [0.1, 0.15) is 26.1 Å². The van der Waals surface area contributed by atoms with Crippen LogP contribution in [0.15, 0.2) is 4.99 Å². The summed E-state index contributed by atoms with van der Waals surface area (Å²) in [5.74, 6) is 1.79. The minimum atomic E-state index is -3.13. The zero-order valence-corrected chi connectivity index (χ0v) is 17.4. The van der Waals surface area contributed by atoms with Crippen LogP contribution in [0, 0.1) is 0 Å². The summed E-state index contributed by atoms with van der Waals surface area (Å²) in [5.41, 5.74) is 0. The van der Waals surface area contributed by atoms with Crippen molar-refractivity contribution in [3.63, 3.8) is 0 Å². The van der Waals surface area contributed by atoms with Gasteiger partial charge in [-0.05, 0) is 13.3 Å². The molecule has 148 valence electrons. The third-order valence-corrected chi connectivity index (χ3v) is 5.46. The van der Waals surface area contributed by atoms with Gasteiger partial charge < -0.3 is 15.1 Å². The molecule has 0 bridgehead atoms. The summed E-state index contributed by atoms with van der Waals surface area (Å²) in [6, 6.07) is 0. The Morgan fingerprint density at radius 1 is 1.27 bits per heavy atom. The van der Waals surface area contributed by atoms with Gasteiger partial charge in [-0.15, -0.1) is 0 Å². The third-order valence-electron chi connectivity index (χ3n) is 3.92. The highest BCUT2D eigenvalue weighted by Gasteiger charge is 2.21. The SMILES string of the molecule is CCNC(=NCCCNS(C)(=O)=O)N1CCN(c2nc(CC)ns2)CC1. The molecule has 2 heterocycles. The quantitative estimate of drug-likeness (QED) is 0.361. The van der Waals surface area contributed by atoms with Gasteiger partial charge in [0, 0.05) is 63.8 Å². The molecule has 1 aromatic heterocycles. The molecular weight excluding hydrogens is 374 g/mol. The Hall–Kier alpha value is -1.46. The molecule has 0 spiro atoms. The smallest absolute Gasteiger partial charge is 0.208 e. The fourth-order valence-electron chi connectivity index (χ4n) is 2.57. The lowest BCUT2D eigenvalue weighted by molar-refractivity contribution is 0.372. The average Bonchev–Trinajstić information content (AvgIpc) is 3.09. The lowest BCUT2D eigenvalue weighted by Crippen LogP contribution is -2.52. The Bertz CT molecular complexity index is 682. The van der Waals surface area contributed by atoms with Crippen molar-refractivity contribution in [1.82, 2.24) is 24.3 Å². The van der Waals surface area contributed by atoms with Crippen molar-refractivity contribution in [3.05, 3.63) is 5.82 Å². The highest BCUT2D eigenvalue weighted by Crippen LogP contribution is 2.19. The highest BCUT2D eigenvalue weighted by atomic mass is 32.2. The monoisotopic (exact) mass is 403 g/mol. The Labute approximate surface area is 160 Å². The second-order valence-corrected chi connectivity index (χ2v) is 8.64. The summed E-state index contributed by atoms with van der Waals surface area (Å²) in [6.45, 7) is 9.42. The maximum Gasteiger partial charge on any atom is 0.208 e. The molecule has 0 atom stereocenters. The Kier molecular flexibility index (Phi) is 8.04. The van der Waals surface area contributed by atoms with Crippen molar-refractivity contribution in [3.8, 4) is 0 Å². The van der Waals surface area contributed by atoms with Crippen molar-refractivity contribution in [2.75, 3.05) is 57.0 Å². The van der Waals surface area contributed by atoms with Gasteiger partial charge in [0.25, 0.3) is 0 Å². The van der Waals surface area contributed by atoms with Crippen molar-refractivity contribution in [1.29, 1.82) is 0 Å². The van der Waals surface area contributed by atoms with E-state index in [1.807, 2.05) is 6.92 Å². The van der Waals surface area contributed by atoms with Crippen molar-refractivity contribution in [2.24, 2.45) is 4.99 Å². The number of hydrogen-bond donors (Lipinski definition) is 2. The summed E-state index contributed by atoms with van der Waals surface area (Å²) in [5, 5.41) is 4.32. The van der Waals surface area contributed by atoms with Crippen LogP contribution in [0.4, 0.5) is 5.13 Å². The van der Waals surface area contributed by atoms with Crippen LogP contribution in [0.5, 0.6) is 0 Å². The van der Waals surface area contributed by atoms with Crippen molar-refractivity contribution < 1.29 is 8.42 Å². The molecule has 26 heavy (non-hydrogen) atoms. The number of guanidine groups is 1. The van der Waals surface area contributed by atoms with Crippen molar-refractivity contribution >= 4 is 32.6 Å². The summed E-state index contributed by atoms with van der Waals surface area (Å²) in [4.78, 5) is 13.7. The molecule has 2 rings (SSSR count). The first kappa shape index (κ1) is 20.8. The maximum absolute atomic E-state index is 11.1. The van der Waals surface area contributed by atoms with Crippen LogP contribution in [-0.2, 0) is 16.4 Å². The molecule has 1 aliphatic rings. The van der Waals surface area contributed by atoms with Crippen molar-refractivity contribution in [2.45, 2.75) is 26.7 Å². The molecule has 1 fully saturated rings. The number of anilines is 1. The number of aromatic nitrogens is 2.